The molecule has 0 aromatic heterocycles. The Kier molecular flexibility index (Phi) is 5.49. The Hall–Kier alpha value is -0.870. The van der Waals surface area contributed by atoms with Gasteiger partial charge in [0, 0.05) is 28.8 Å². The fourth-order valence-electron chi connectivity index (χ4n) is 1.21. The Morgan fingerprint density at radius 3 is 2.94 bits per heavy atom. The average molecular weight is 285 g/mol. The molecule has 1 rings (SSSR count). The highest BCUT2D eigenvalue weighted by atomic mass is 79.9. The molecule has 3 nitrogen and oxygen atoms in total. The van der Waals surface area contributed by atoms with Crippen molar-refractivity contribution >= 4 is 22.1 Å². The predicted octanol–water partition coefficient (Wildman–Crippen LogP) is 2.57. The van der Waals surface area contributed by atoms with Crippen LogP contribution in [0.3, 0.4) is 0 Å². The molecule has 0 fully saturated rings. The fraction of sp³-hybridized carbons (Fsp3) is 0.417. The Morgan fingerprint density at radius 1 is 1.50 bits per heavy atom. The molecule has 88 valence electrons. The van der Waals surface area contributed by atoms with E-state index in [1.54, 1.807) is 18.3 Å². The van der Waals surface area contributed by atoms with Crippen LogP contribution < -0.4 is 5.32 Å². The van der Waals surface area contributed by atoms with Crippen molar-refractivity contribution in [2.45, 2.75) is 19.9 Å². The van der Waals surface area contributed by atoms with Gasteiger partial charge in [-0.3, -0.25) is 4.99 Å². The summed E-state index contributed by atoms with van der Waals surface area (Å²) in [5, 5.41) is 12.8. The Morgan fingerprint density at radius 2 is 2.25 bits per heavy atom. The number of nitrogens with zero attached hydrogens (tertiary/aromatic N) is 1. The predicted molar refractivity (Wildman–Crippen MR) is 71.4 cm³/mol. The molecular weight excluding hydrogens is 268 g/mol. The summed E-state index contributed by atoms with van der Waals surface area (Å²) in [6, 6.07) is 5.77. The average Bonchev–Trinajstić information content (AvgIpc) is 2.22. The van der Waals surface area contributed by atoms with Gasteiger partial charge in [0.1, 0.15) is 5.75 Å². The second-order valence-corrected chi connectivity index (χ2v) is 4.76. The van der Waals surface area contributed by atoms with E-state index in [-0.39, 0.29) is 5.75 Å². The first-order chi connectivity index (χ1) is 7.59. The first-order valence-corrected chi connectivity index (χ1v) is 6.10. The van der Waals surface area contributed by atoms with Crippen molar-refractivity contribution in [2.24, 2.45) is 4.99 Å². The van der Waals surface area contributed by atoms with E-state index in [2.05, 4.69) is 40.1 Å². The third-order valence-corrected chi connectivity index (χ3v) is 2.51. The van der Waals surface area contributed by atoms with Crippen molar-refractivity contribution in [1.82, 2.24) is 5.32 Å². The highest BCUT2D eigenvalue weighted by Gasteiger charge is 1.98. The number of benzene rings is 1. The van der Waals surface area contributed by atoms with Crippen molar-refractivity contribution in [2.75, 3.05) is 13.1 Å². The van der Waals surface area contributed by atoms with Crippen LogP contribution in [-0.4, -0.2) is 30.5 Å². The lowest BCUT2D eigenvalue weighted by molar-refractivity contribution is 0.474. The van der Waals surface area contributed by atoms with Gasteiger partial charge in [-0.05, 0) is 18.2 Å². The summed E-state index contributed by atoms with van der Waals surface area (Å²) in [4.78, 5) is 4.25. The number of hydrogen-bond acceptors (Lipinski definition) is 3. The SMILES string of the molecule is CC(C)NCCN=Cc1cc(Br)ccc1O. The zero-order valence-electron chi connectivity index (χ0n) is 9.57. The third kappa shape index (κ3) is 4.77. The molecule has 0 spiro atoms. The summed E-state index contributed by atoms with van der Waals surface area (Å²) >= 11 is 3.35. The molecular formula is C12H17BrN2O. The van der Waals surface area contributed by atoms with E-state index in [1.165, 1.54) is 0 Å². The minimum absolute atomic E-state index is 0.253. The van der Waals surface area contributed by atoms with Gasteiger partial charge in [0.05, 0.1) is 6.54 Å². The number of aromatic hydroxyl groups is 1. The molecule has 0 aliphatic rings. The van der Waals surface area contributed by atoms with Gasteiger partial charge in [-0.25, -0.2) is 0 Å². The van der Waals surface area contributed by atoms with Crippen molar-refractivity contribution in [3.8, 4) is 5.75 Å². The van der Waals surface area contributed by atoms with Crippen molar-refractivity contribution in [1.29, 1.82) is 0 Å². The van der Waals surface area contributed by atoms with Gasteiger partial charge in [0.2, 0.25) is 0 Å². The van der Waals surface area contributed by atoms with E-state index in [1.807, 2.05) is 6.07 Å². The monoisotopic (exact) mass is 284 g/mol. The summed E-state index contributed by atoms with van der Waals surface area (Å²) in [5.74, 6) is 0.253. The van der Waals surface area contributed by atoms with Crippen LogP contribution in [0.1, 0.15) is 19.4 Å². The summed E-state index contributed by atoms with van der Waals surface area (Å²) in [5.41, 5.74) is 0.735. The number of phenols is 1. The minimum atomic E-state index is 0.253. The van der Waals surface area contributed by atoms with Gasteiger partial charge in [0.15, 0.2) is 0 Å². The molecule has 0 radical (unpaired) electrons. The normalized spacial score (nSPS) is 11.5. The maximum Gasteiger partial charge on any atom is 0.124 e. The van der Waals surface area contributed by atoms with Crippen LogP contribution >= 0.6 is 15.9 Å². The molecule has 0 saturated carbocycles. The molecule has 1 aromatic rings. The van der Waals surface area contributed by atoms with Crippen molar-refractivity contribution < 1.29 is 5.11 Å². The maximum atomic E-state index is 9.55. The largest absolute Gasteiger partial charge is 0.507 e. The number of hydrogen-bond donors (Lipinski definition) is 2. The molecule has 1 aromatic carbocycles. The lowest BCUT2D eigenvalue weighted by atomic mass is 10.2. The van der Waals surface area contributed by atoms with Crippen molar-refractivity contribution in [3.63, 3.8) is 0 Å². The zero-order chi connectivity index (χ0) is 12.0. The molecule has 2 N–H and O–H groups in total. The van der Waals surface area contributed by atoms with E-state index in [4.69, 9.17) is 0 Å². The van der Waals surface area contributed by atoms with Gasteiger partial charge < -0.3 is 10.4 Å². The molecule has 0 heterocycles. The smallest absolute Gasteiger partial charge is 0.124 e. The van der Waals surface area contributed by atoms with E-state index in [9.17, 15) is 5.11 Å². The summed E-state index contributed by atoms with van der Waals surface area (Å²) < 4.78 is 0.937. The van der Waals surface area contributed by atoms with E-state index in [0.717, 1.165) is 16.6 Å². The molecule has 0 aliphatic carbocycles. The Bertz CT molecular complexity index is 364. The van der Waals surface area contributed by atoms with Crippen LogP contribution in [0.2, 0.25) is 0 Å². The van der Waals surface area contributed by atoms with Gasteiger partial charge >= 0.3 is 0 Å². The first kappa shape index (κ1) is 13.2. The van der Waals surface area contributed by atoms with Gasteiger partial charge in [-0.2, -0.15) is 0 Å². The first-order valence-electron chi connectivity index (χ1n) is 5.31. The molecule has 0 unspecified atom stereocenters. The number of phenolic OH excluding ortho intramolecular Hbond substituents is 1. The summed E-state index contributed by atoms with van der Waals surface area (Å²) in [6.07, 6.45) is 1.70. The van der Waals surface area contributed by atoms with Crippen LogP contribution in [0.25, 0.3) is 0 Å². The van der Waals surface area contributed by atoms with Crippen LogP contribution in [0.4, 0.5) is 0 Å². The Balaban J connectivity index is 2.46. The lowest BCUT2D eigenvalue weighted by Crippen LogP contribution is -2.25. The molecule has 0 saturated heterocycles. The van der Waals surface area contributed by atoms with Gasteiger partial charge in [-0.1, -0.05) is 29.8 Å². The molecule has 0 aliphatic heterocycles. The second kappa shape index (κ2) is 6.66. The quantitative estimate of drug-likeness (QED) is 0.645. The molecule has 16 heavy (non-hydrogen) atoms. The summed E-state index contributed by atoms with van der Waals surface area (Å²) in [7, 11) is 0. The van der Waals surface area contributed by atoms with E-state index >= 15 is 0 Å². The van der Waals surface area contributed by atoms with E-state index in [0.29, 0.717) is 12.6 Å². The fourth-order valence-corrected chi connectivity index (χ4v) is 1.59. The third-order valence-electron chi connectivity index (χ3n) is 2.01. The van der Waals surface area contributed by atoms with Crippen LogP contribution in [0, 0.1) is 0 Å². The molecule has 4 heteroatoms. The van der Waals surface area contributed by atoms with E-state index < -0.39 is 0 Å². The number of aliphatic imine (C=N–C) groups is 1. The molecule has 0 amide bonds. The van der Waals surface area contributed by atoms with Crippen molar-refractivity contribution in [3.05, 3.63) is 28.2 Å². The molecule has 0 atom stereocenters. The number of nitrogens with one attached hydrogen (secondary N) is 1. The zero-order valence-corrected chi connectivity index (χ0v) is 11.2. The number of rotatable bonds is 5. The molecule has 0 bridgehead atoms. The standard InChI is InChI=1S/C12H17BrN2O/c1-9(2)15-6-5-14-8-10-7-11(13)3-4-12(10)16/h3-4,7-9,15-16H,5-6H2,1-2H3. The van der Waals surface area contributed by atoms with Gasteiger partial charge in [0.25, 0.3) is 0 Å². The summed E-state index contributed by atoms with van der Waals surface area (Å²) in [6.45, 7) is 5.76. The highest BCUT2D eigenvalue weighted by Crippen LogP contribution is 2.19. The second-order valence-electron chi connectivity index (χ2n) is 3.85. The topological polar surface area (TPSA) is 44.6 Å². The minimum Gasteiger partial charge on any atom is -0.507 e. The highest BCUT2D eigenvalue weighted by molar-refractivity contribution is 9.10. The van der Waals surface area contributed by atoms with Gasteiger partial charge in [-0.15, -0.1) is 0 Å². The van der Waals surface area contributed by atoms with Crippen LogP contribution in [-0.2, 0) is 0 Å². The lowest BCUT2D eigenvalue weighted by Gasteiger charge is -2.04. The van der Waals surface area contributed by atoms with Crippen LogP contribution in [0.5, 0.6) is 5.75 Å². The number of halogens is 1. The van der Waals surface area contributed by atoms with Crippen LogP contribution in [0.15, 0.2) is 27.7 Å². The Labute approximate surface area is 105 Å². The maximum absolute atomic E-state index is 9.55.